The molecule has 0 amide bonds. The average molecular weight is 552 g/mol. The smallest absolute Gasteiger partial charge is 0.190 e. The predicted molar refractivity (Wildman–Crippen MR) is 164 cm³/mol. The van der Waals surface area contributed by atoms with E-state index in [4.69, 9.17) is 21.8 Å². The average Bonchev–Trinajstić information content (AvgIpc) is 2.81. The van der Waals surface area contributed by atoms with E-state index >= 15 is 0 Å². The zero-order valence-corrected chi connectivity index (χ0v) is 24.1. The number of thiocarbonyl (C=S) groups is 2. The number of hydrogen-bond donors (Lipinski definition) is 2. The monoisotopic (exact) mass is 550 g/mol. The molecule has 0 saturated heterocycles. The van der Waals surface area contributed by atoms with Gasteiger partial charge in [0, 0.05) is 11.1 Å². The van der Waals surface area contributed by atoms with E-state index in [-0.39, 0.29) is 22.5 Å². The number of benzene rings is 3. The second kappa shape index (κ2) is 21.1. The Morgan fingerprint density at radius 2 is 1.20 bits per heavy atom. The van der Waals surface area contributed by atoms with E-state index in [1.807, 2.05) is 31.2 Å². The summed E-state index contributed by atoms with van der Waals surface area (Å²) in [5.41, 5.74) is 2.63. The zero-order chi connectivity index (χ0) is 25.9. The Morgan fingerprint density at radius 3 is 1.46 bits per heavy atom. The molecule has 0 unspecified atom stereocenters. The maximum atomic E-state index is 8.85. The van der Waals surface area contributed by atoms with Gasteiger partial charge in [-0.2, -0.15) is 0 Å². The fourth-order valence-corrected chi connectivity index (χ4v) is 3.03. The summed E-state index contributed by atoms with van der Waals surface area (Å²) in [5.74, 6) is 1.38. The van der Waals surface area contributed by atoms with Crippen LogP contribution in [0.1, 0.15) is 57.2 Å². The Kier molecular flexibility index (Phi) is 21.0. The van der Waals surface area contributed by atoms with E-state index in [1.165, 1.54) is 5.56 Å². The highest BCUT2D eigenvalue weighted by Gasteiger charge is 2.01. The van der Waals surface area contributed by atoms with Gasteiger partial charge in [0.2, 0.25) is 0 Å². The van der Waals surface area contributed by atoms with E-state index in [0.717, 1.165) is 5.92 Å². The second-order valence-corrected chi connectivity index (χ2v) is 8.97. The molecule has 2 N–H and O–H groups in total. The summed E-state index contributed by atoms with van der Waals surface area (Å²) in [6.45, 7) is 10.8. The summed E-state index contributed by atoms with van der Waals surface area (Å²) in [6, 6.07) is 26.5. The number of aliphatic hydroxyl groups excluding tert-OH is 2. The topological polar surface area (TPSA) is 40.5 Å². The van der Waals surface area contributed by atoms with Gasteiger partial charge in [0.05, 0.1) is 5.02 Å². The molecule has 2 nitrogen and oxygen atoms in total. The largest absolute Gasteiger partial charge is 0.499 e. The molecule has 0 fully saturated rings. The van der Waals surface area contributed by atoms with Crippen molar-refractivity contribution in [3.8, 4) is 0 Å². The number of hydrogen-bond acceptors (Lipinski definition) is 2. The summed E-state index contributed by atoms with van der Waals surface area (Å²) in [4.78, 5) is 0. The van der Waals surface area contributed by atoms with Crippen LogP contribution in [0.2, 0.25) is 5.02 Å². The summed E-state index contributed by atoms with van der Waals surface area (Å²) in [5, 5.41) is 17.9. The quantitative estimate of drug-likeness (QED) is 0.250. The maximum absolute atomic E-state index is 8.85. The Bertz CT molecular complexity index is 990. The van der Waals surface area contributed by atoms with Gasteiger partial charge in [-0.1, -0.05) is 124 Å². The maximum Gasteiger partial charge on any atom is 0.190 e. The van der Waals surface area contributed by atoms with Crippen LogP contribution in [0.3, 0.4) is 0 Å². The summed E-state index contributed by atoms with van der Waals surface area (Å²) >= 11 is 14.7. The van der Waals surface area contributed by atoms with E-state index < -0.39 is 0 Å². The molecule has 3 aromatic carbocycles. The van der Waals surface area contributed by atoms with E-state index in [9.17, 15) is 0 Å². The minimum atomic E-state index is -0.161. The highest BCUT2D eigenvalue weighted by molar-refractivity contribution is 7.80. The van der Waals surface area contributed by atoms with Gasteiger partial charge in [0.1, 0.15) is 0 Å². The van der Waals surface area contributed by atoms with Gasteiger partial charge in [0.25, 0.3) is 0 Å². The molecular formula is C29H36Cl2O2S2. The summed E-state index contributed by atoms with van der Waals surface area (Å²) < 4.78 is 0. The minimum Gasteiger partial charge on any atom is -0.499 e. The first-order valence-electron chi connectivity index (χ1n) is 11.0. The molecule has 0 aliphatic rings. The van der Waals surface area contributed by atoms with Crippen LogP contribution in [0.15, 0.2) is 97.1 Å². The summed E-state index contributed by atoms with van der Waals surface area (Å²) in [7, 11) is 0. The van der Waals surface area contributed by atoms with E-state index in [0.29, 0.717) is 22.1 Å². The third kappa shape index (κ3) is 17.8. The van der Waals surface area contributed by atoms with Gasteiger partial charge in [-0.15, -0.1) is 12.4 Å². The summed E-state index contributed by atoms with van der Waals surface area (Å²) in [6.07, 6.45) is 4.24. The van der Waals surface area contributed by atoms with Crippen molar-refractivity contribution in [2.24, 2.45) is 5.92 Å². The van der Waals surface area contributed by atoms with Crippen LogP contribution in [-0.4, -0.2) is 20.3 Å². The van der Waals surface area contributed by atoms with Gasteiger partial charge in [-0.25, -0.2) is 0 Å². The van der Waals surface area contributed by atoms with Crippen molar-refractivity contribution in [1.82, 2.24) is 0 Å². The van der Waals surface area contributed by atoms with Crippen molar-refractivity contribution < 1.29 is 10.2 Å². The Morgan fingerprint density at radius 1 is 0.743 bits per heavy atom. The molecule has 0 saturated carbocycles. The predicted octanol–water partition coefficient (Wildman–Crippen LogP) is 9.94. The SMILES string of the molecule is CC(C)c1ccccc1.CC=CC(C)C.Cl.OC(=S)c1ccccc1.OC(=S)c1ccccc1Cl. The van der Waals surface area contributed by atoms with Crippen molar-refractivity contribution in [2.75, 3.05) is 0 Å². The number of aliphatic hydroxyl groups is 2. The van der Waals surface area contributed by atoms with Gasteiger partial charge < -0.3 is 10.2 Å². The van der Waals surface area contributed by atoms with Crippen LogP contribution >= 0.6 is 48.4 Å². The third-order valence-electron chi connectivity index (χ3n) is 4.17. The highest BCUT2D eigenvalue weighted by Crippen LogP contribution is 2.14. The number of allylic oxidation sites excluding steroid dienone is 2. The molecule has 3 aromatic rings. The molecule has 0 atom stereocenters. The van der Waals surface area contributed by atoms with Crippen LogP contribution in [0.4, 0.5) is 0 Å². The Labute approximate surface area is 233 Å². The number of halogens is 2. The molecule has 0 radical (unpaired) electrons. The van der Waals surface area contributed by atoms with E-state index in [2.05, 4.69) is 88.5 Å². The molecule has 0 aromatic heterocycles. The van der Waals surface area contributed by atoms with Gasteiger partial charge in [-0.05, 0) is 60.9 Å². The number of rotatable bonds is 4. The van der Waals surface area contributed by atoms with Gasteiger partial charge in [0.15, 0.2) is 10.1 Å². The molecule has 0 bridgehead atoms. The molecule has 190 valence electrons. The van der Waals surface area contributed by atoms with Crippen molar-refractivity contribution >= 4 is 58.5 Å². The van der Waals surface area contributed by atoms with Crippen LogP contribution < -0.4 is 0 Å². The molecule has 0 spiro atoms. The molecule has 0 aliphatic carbocycles. The molecule has 0 heterocycles. The highest BCUT2D eigenvalue weighted by atomic mass is 35.5. The van der Waals surface area contributed by atoms with Gasteiger partial charge in [-0.3, -0.25) is 0 Å². The Balaban J connectivity index is 0. The van der Waals surface area contributed by atoms with E-state index in [1.54, 1.807) is 36.4 Å². The first-order chi connectivity index (χ1) is 16.1. The van der Waals surface area contributed by atoms with Crippen molar-refractivity contribution in [3.05, 3.63) is 119 Å². The van der Waals surface area contributed by atoms with Gasteiger partial charge >= 0.3 is 0 Å². The lowest BCUT2D eigenvalue weighted by molar-refractivity contribution is 0.570. The first kappa shape index (κ1) is 34.9. The fraction of sp³-hybridized carbons (Fsp3) is 0.241. The van der Waals surface area contributed by atoms with Crippen LogP contribution in [0.25, 0.3) is 0 Å². The lowest BCUT2D eigenvalue weighted by Gasteiger charge is -2.01. The second-order valence-electron chi connectivity index (χ2n) is 7.79. The third-order valence-corrected chi connectivity index (χ3v) is 4.95. The van der Waals surface area contributed by atoms with Crippen molar-refractivity contribution in [1.29, 1.82) is 0 Å². The normalized spacial score (nSPS) is 9.49. The molecule has 0 aliphatic heterocycles. The molecule has 3 rings (SSSR count). The van der Waals surface area contributed by atoms with Crippen molar-refractivity contribution in [2.45, 2.75) is 40.5 Å². The van der Waals surface area contributed by atoms with Crippen LogP contribution in [0.5, 0.6) is 0 Å². The lowest BCUT2D eigenvalue weighted by atomic mass is 10.0. The van der Waals surface area contributed by atoms with Crippen LogP contribution in [0, 0.1) is 5.92 Å². The minimum absolute atomic E-state index is 0. The first-order valence-corrected chi connectivity index (χ1v) is 12.2. The van der Waals surface area contributed by atoms with Crippen LogP contribution in [-0.2, 0) is 0 Å². The zero-order valence-electron chi connectivity index (χ0n) is 20.9. The lowest BCUT2D eigenvalue weighted by Crippen LogP contribution is -1.93. The fourth-order valence-electron chi connectivity index (χ4n) is 2.44. The van der Waals surface area contributed by atoms with Crippen molar-refractivity contribution in [3.63, 3.8) is 0 Å². The molecule has 35 heavy (non-hydrogen) atoms. The standard InChI is InChI=1S/C9H12.C7H5ClOS.C7H6OS.C6H12.ClH/c1-8(2)9-6-4-3-5-7-9;8-6-4-2-1-3-5(6)7(9)10;8-7(9)6-4-2-1-3-5-6;1-4-5-6(2)3;/h3-8H,1-2H3;1-4H,(H,9,10);1-5H,(H,8,9);4-6H,1-3H3;1H. The Hall–Kier alpha value is -2.24. The molecule has 6 heteroatoms. The molecular weight excluding hydrogens is 515 g/mol.